The number of alkyl halides is 2. The minimum atomic E-state index is -2.70. The van der Waals surface area contributed by atoms with Crippen molar-refractivity contribution in [1.82, 2.24) is 10.3 Å². The van der Waals surface area contributed by atoms with E-state index >= 15 is 0 Å². The fraction of sp³-hybridized carbons (Fsp3) is 0.333. The second kappa shape index (κ2) is 10.7. The van der Waals surface area contributed by atoms with Gasteiger partial charge in [-0.05, 0) is 36.0 Å². The Hall–Kier alpha value is -2.59. The van der Waals surface area contributed by atoms with Crippen LogP contribution in [0.3, 0.4) is 0 Å². The van der Waals surface area contributed by atoms with Crippen molar-refractivity contribution in [2.75, 3.05) is 27.4 Å². The summed E-state index contributed by atoms with van der Waals surface area (Å²) in [5, 5.41) is 12.5. The number of hydrogen-bond donors (Lipinski definition) is 2. The van der Waals surface area contributed by atoms with Crippen LogP contribution in [-0.2, 0) is 0 Å². The fourth-order valence-electron chi connectivity index (χ4n) is 2.25. The molecule has 2 N–H and O–H groups in total. The maximum atomic E-state index is 12.6. The molecule has 0 fully saturated rings. The van der Waals surface area contributed by atoms with Crippen molar-refractivity contribution in [3.8, 4) is 17.2 Å². The predicted molar refractivity (Wildman–Crippen MR) is 99.5 cm³/mol. The highest BCUT2D eigenvalue weighted by molar-refractivity contribution is 7.99. The minimum Gasteiger partial charge on any atom is -0.493 e. The topological polar surface area (TPSA) is 89.9 Å². The first kappa shape index (κ1) is 21.7. The summed E-state index contributed by atoms with van der Waals surface area (Å²) in [6, 6.07) is 7.94. The van der Waals surface area contributed by atoms with Crippen LogP contribution in [0, 0.1) is 0 Å². The number of aliphatic hydroxyl groups is 1. The number of hydrogen-bond acceptors (Lipinski definition) is 7. The highest BCUT2D eigenvalue weighted by Gasteiger charge is 2.18. The molecule has 1 amide bonds. The van der Waals surface area contributed by atoms with Crippen LogP contribution in [0.15, 0.2) is 41.6 Å². The van der Waals surface area contributed by atoms with Crippen LogP contribution in [0.5, 0.6) is 17.2 Å². The van der Waals surface area contributed by atoms with E-state index in [0.717, 1.165) is 0 Å². The van der Waals surface area contributed by atoms with Crippen LogP contribution < -0.4 is 19.5 Å². The van der Waals surface area contributed by atoms with Crippen molar-refractivity contribution >= 4 is 17.7 Å². The third-order valence-corrected chi connectivity index (χ3v) is 4.24. The van der Waals surface area contributed by atoms with E-state index in [1.807, 2.05) is 0 Å². The van der Waals surface area contributed by atoms with Gasteiger partial charge in [0.25, 0.3) is 11.7 Å². The molecule has 1 heterocycles. The largest absolute Gasteiger partial charge is 0.493 e. The molecule has 0 radical (unpaired) electrons. The molecule has 2 aromatic rings. The molecule has 1 atom stereocenters. The molecule has 7 nitrogen and oxygen atoms in total. The summed E-state index contributed by atoms with van der Waals surface area (Å²) >= 11 is 0.183. The number of nitrogens with one attached hydrogen (secondary N) is 1. The maximum Gasteiger partial charge on any atom is 0.290 e. The lowest BCUT2D eigenvalue weighted by Crippen LogP contribution is -2.35. The summed E-state index contributed by atoms with van der Waals surface area (Å²) in [6.45, 7) is -0.299. The summed E-state index contributed by atoms with van der Waals surface area (Å²) in [6.07, 6.45) is 0.270. The summed E-state index contributed by atoms with van der Waals surface area (Å²) in [4.78, 5) is 16.0. The van der Waals surface area contributed by atoms with Gasteiger partial charge in [-0.25, -0.2) is 4.98 Å². The van der Waals surface area contributed by atoms with Gasteiger partial charge in [0.15, 0.2) is 11.5 Å². The smallest absolute Gasteiger partial charge is 0.290 e. The van der Waals surface area contributed by atoms with E-state index < -0.39 is 17.8 Å². The Morgan fingerprint density at radius 1 is 1.21 bits per heavy atom. The molecule has 0 aliphatic heterocycles. The Labute approximate surface area is 165 Å². The molecule has 0 aliphatic carbocycles. The molecular formula is C18H20F2N2O5S. The molecule has 0 bridgehead atoms. The van der Waals surface area contributed by atoms with Crippen LogP contribution in [0.25, 0.3) is 0 Å². The maximum absolute atomic E-state index is 12.6. The normalized spacial score (nSPS) is 11.8. The molecule has 1 aromatic heterocycles. The van der Waals surface area contributed by atoms with E-state index in [1.54, 1.807) is 18.2 Å². The number of thioether (sulfide) groups is 1. The van der Waals surface area contributed by atoms with Gasteiger partial charge in [0.1, 0.15) is 17.7 Å². The Kier molecular flexibility index (Phi) is 8.27. The lowest BCUT2D eigenvalue weighted by Gasteiger charge is -2.17. The van der Waals surface area contributed by atoms with E-state index in [1.165, 1.54) is 32.5 Å². The van der Waals surface area contributed by atoms with Crippen LogP contribution >= 0.6 is 11.8 Å². The molecule has 0 saturated heterocycles. The molecular weight excluding hydrogens is 394 g/mol. The molecule has 28 heavy (non-hydrogen) atoms. The Morgan fingerprint density at radius 3 is 2.50 bits per heavy atom. The lowest BCUT2D eigenvalue weighted by atomic mass is 10.2. The number of carbonyl (C=O) groups excluding carboxylic acids is 1. The number of para-hydroxylation sites is 1. The van der Waals surface area contributed by atoms with Gasteiger partial charge in [-0.2, -0.15) is 8.78 Å². The average Bonchev–Trinajstić information content (AvgIpc) is 2.70. The number of halogens is 2. The van der Waals surface area contributed by atoms with E-state index in [2.05, 4.69) is 10.3 Å². The van der Waals surface area contributed by atoms with Crippen LogP contribution in [0.1, 0.15) is 10.4 Å². The second-order valence-corrected chi connectivity index (χ2v) is 6.38. The number of aliphatic hydroxyl groups excluding tert-OH is 1. The van der Waals surface area contributed by atoms with Gasteiger partial charge < -0.3 is 24.6 Å². The molecule has 1 unspecified atom stereocenters. The van der Waals surface area contributed by atoms with Crippen molar-refractivity contribution in [3.05, 3.63) is 42.1 Å². The third kappa shape index (κ3) is 5.96. The summed E-state index contributed by atoms with van der Waals surface area (Å²) < 4.78 is 41.1. The number of ether oxygens (including phenoxy) is 3. The molecule has 152 valence electrons. The highest BCUT2D eigenvalue weighted by Crippen LogP contribution is 2.36. The first-order valence-electron chi connectivity index (χ1n) is 8.16. The average molecular weight is 414 g/mol. The van der Waals surface area contributed by atoms with Crippen LogP contribution in [0.2, 0.25) is 0 Å². The number of rotatable bonds is 10. The van der Waals surface area contributed by atoms with Crippen molar-refractivity contribution < 1.29 is 32.9 Å². The number of carbonyl (C=O) groups is 1. The quantitative estimate of drug-likeness (QED) is 0.578. The lowest BCUT2D eigenvalue weighted by molar-refractivity contribution is 0.0831. The van der Waals surface area contributed by atoms with Gasteiger partial charge in [0.2, 0.25) is 5.75 Å². The zero-order valence-corrected chi connectivity index (χ0v) is 16.0. The van der Waals surface area contributed by atoms with E-state index in [4.69, 9.17) is 14.2 Å². The third-order valence-electron chi connectivity index (χ3n) is 3.52. The van der Waals surface area contributed by atoms with Gasteiger partial charge in [-0.1, -0.05) is 6.07 Å². The number of amides is 1. The molecule has 0 aliphatic rings. The monoisotopic (exact) mass is 414 g/mol. The van der Waals surface area contributed by atoms with Crippen molar-refractivity contribution in [2.24, 2.45) is 0 Å². The number of nitrogens with zero attached hydrogens (tertiary/aromatic N) is 1. The second-order valence-electron chi connectivity index (χ2n) is 5.40. The molecule has 10 heteroatoms. The van der Waals surface area contributed by atoms with Crippen LogP contribution in [0.4, 0.5) is 8.78 Å². The standard InChI is InChI=1S/C18H20F2N2O5S/c1-25-13-6-3-7-14(26-2)15(13)27-10-11(23)9-22-16(24)12-5-4-8-21-17(12)28-18(19)20/h3-8,11,18,23H,9-10H2,1-2H3,(H,22,24). The van der Waals surface area contributed by atoms with Gasteiger partial charge in [0.05, 0.1) is 19.8 Å². The number of benzene rings is 1. The van der Waals surface area contributed by atoms with Gasteiger partial charge in [-0.3, -0.25) is 4.79 Å². The first-order valence-corrected chi connectivity index (χ1v) is 9.04. The Morgan fingerprint density at radius 2 is 1.89 bits per heavy atom. The minimum absolute atomic E-state index is 0.00677. The summed E-state index contributed by atoms with van der Waals surface area (Å²) in [5.74, 6) is -2.14. The Balaban J connectivity index is 1.93. The Bertz CT molecular complexity index is 772. The first-order chi connectivity index (χ1) is 13.5. The number of aromatic nitrogens is 1. The van der Waals surface area contributed by atoms with E-state index in [-0.39, 0.29) is 35.5 Å². The molecule has 1 aromatic carbocycles. The van der Waals surface area contributed by atoms with E-state index in [9.17, 15) is 18.7 Å². The zero-order chi connectivity index (χ0) is 20.5. The fourth-order valence-corrected chi connectivity index (χ4v) is 2.82. The molecule has 2 rings (SSSR count). The predicted octanol–water partition coefficient (Wildman–Crippen LogP) is 2.58. The highest BCUT2D eigenvalue weighted by atomic mass is 32.2. The zero-order valence-electron chi connectivity index (χ0n) is 15.2. The van der Waals surface area contributed by atoms with Crippen molar-refractivity contribution in [2.45, 2.75) is 16.9 Å². The SMILES string of the molecule is COc1cccc(OC)c1OCC(O)CNC(=O)c1cccnc1SC(F)F. The van der Waals surface area contributed by atoms with Gasteiger partial charge in [-0.15, -0.1) is 0 Å². The van der Waals surface area contributed by atoms with Crippen LogP contribution in [-0.4, -0.2) is 55.2 Å². The van der Waals surface area contributed by atoms with Gasteiger partial charge >= 0.3 is 0 Å². The van der Waals surface area contributed by atoms with Gasteiger partial charge in [0, 0.05) is 12.7 Å². The number of methoxy groups -OCH3 is 2. The summed E-state index contributed by atoms with van der Waals surface area (Å²) in [5.41, 5.74) is 0.00677. The van der Waals surface area contributed by atoms with E-state index in [0.29, 0.717) is 17.2 Å². The van der Waals surface area contributed by atoms with Crippen molar-refractivity contribution in [3.63, 3.8) is 0 Å². The molecule has 0 spiro atoms. The van der Waals surface area contributed by atoms with Crippen molar-refractivity contribution in [1.29, 1.82) is 0 Å². The summed E-state index contributed by atoms with van der Waals surface area (Å²) in [7, 11) is 2.95. The molecule has 0 saturated carbocycles. The number of pyridine rings is 1.